The monoisotopic (exact) mass is 349 g/mol. The molecule has 25 heavy (non-hydrogen) atoms. The van der Waals surface area contributed by atoms with Crippen LogP contribution < -0.4 is 5.73 Å². The summed E-state index contributed by atoms with van der Waals surface area (Å²) in [6.45, 7) is 0. The molecule has 3 rings (SSSR count). The fraction of sp³-hybridized carbons (Fsp3) is 0. The number of halogens is 1. The Bertz CT molecular complexity index is 1010. The molecule has 0 radical (unpaired) electrons. The Morgan fingerprint density at radius 2 is 1.68 bits per heavy atom. The molecular formula is C19H12ClN3O2. The van der Waals surface area contributed by atoms with Crippen LogP contribution in [0.3, 0.4) is 0 Å². The number of benzene rings is 3. The molecule has 3 aromatic carbocycles. The minimum absolute atomic E-state index is 0.0636. The first-order valence-electron chi connectivity index (χ1n) is 7.35. The van der Waals surface area contributed by atoms with E-state index in [2.05, 4.69) is 0 Å². The Hall–Kier alpha value is -3.36. The van der Waals surface area contributed by atoms with Crippen molar-refractivity contribution in [2.24, 2.45) is 0 Å². The Labute approximate surface area is 149 Å². The van der Waals surface area contributed by atoms with E-state index in [1.807, 2.05) is 12.1 Å². The van der Waals surface area contributed by atoms with Crippen molar-refractivity contribution in [1.29, 1.82) is 5.26 Å². The van der Waals surface area contributed by atoms with Gasteiger partial charge in [-0.05, 0) is 29.3 Å². The van der Waals surface area contributed by atoms with Crippen LogP contribution >= 0.6 is 11.6 Å². The Morgan fingerprint density at radius 1 is 1.00 bits per heavy atom. The average molecular weight is 350 g/mol. The van der Waals surface area contributed by atoms with Crippen molar-refractivity contribution >= 4 is 23.0 Å². The van der Waals surface area contributed by atoms with Gasteiger partial charge >= 0.3 is 5.69 Å². The number of anilines is 1. The van der Waals surface area contributed by atoms with Crippen molar-refractivity contribution in [2.45, 2.75) is 0 Å². The molecule has 0 amide bonds. The quantitative estimate of drug-likeness (QED) is 0.407. The van der Waals surface area contributed by atoms with E-state index in [0.29, 0.717) is 27.3 Å². The molecule has 0 atom stereocenters. The summed E-state index contributed by atoms with van der Waals surface area (Å²) in [4.78, 5) is 11.0. The molecule has 0 spiro atoms. The Morgan fingerprint density at radius 3 is 2.28 bits per heavy atom. The number of nitrogens with zero attached hydrogens (tertiary/aromatic N) is 2. The van der Waals surface area contributed by atoms with Gasteiger partial charge in [-0.3, -0.25) is 10.1 Å². The van der Waals surface area contributed by atoms with Crippen LogP contribution in [0.1, 0.15) is 5.56 Å². The number of nitriles is 1. The van der Waals surface area contributed by atoms with Crippen LogP contribution in [0, 0.1) is 21.4 Å². The van der Waals surface area contributed by atoms with Gasteiger partial charge in [-0.2, -0.15) is 5.26 Å². The summed E-state index contributed by atoms with van der Waals surface area (Å²) in [5, 5.41) is 21.6. The molecule has 3 aromatic rings. The predicted octanol–water partition coefficient (Wildman–Crippen LogP) is 5.04. The second-order valence-electron chi connectivity index (χ2n) is 5.35. The normalized spacial score (nSPS) is 10.2. The molecule has 0 bridgehead atoms. The van der Waals surface area contributed by atoms with Crippen molar-refractivity contribution in [2.75, 3.05) is 5.73 Å². The number of nitrogen functional groups attached to an aromatic ring is 1. The summed E-state index contributed by atoms with van der Waals surface area (Å²) < 4.78 is 0. The summed E-state index contributed by atoms with van der Waals surface area (Å²) in [6, 6.07) is 19.4. The minimum atomic E-state index is -0.555. The molecular weight excluding hydrogens is 338 g/mol. The van der Waals surface area contributed by atoms with Crippen LogP contribution in [0.4, 0.5) is 11.4 Å². The van der Waals surface area contributed by atoms with Gasteiger partial charge in [-0.25, -0.2) is 0 Å². The second-order valence-corrected chi connectivity index (χ2v) is 5.79. The third-order valence-electron chi connectivity index (χ3n) is 3.85. The molecule has 0 aromatic heterocycles. The lowest BCUT2D eigenvalue weighted by atomic mass is 9.92. The smallest absolute Gasteiger partial charge is 0.301 e. The first kappa shape index (κ1) is 16.5. The highest BCUT2D eigenvalue weighted by atomic mass is 35.5. The third-order valence-corrected chi connectivity index (χ3v) is 4.09. The number of rotatable bonds is 3. The number of nitro benzene ring substituents is 1. The number of hydrogen-bond acceptors (Lipinski definition) is 4. The van der Waals surface area contributed by atoms with Gasteiger partial charge in [0.15, 0.2) is 0 Å². The zero-order valence-electron chi connectivity index (χ0n) is 12.9. The van der Waals surface area contributed by atoms with Crippen molar-refractivity contribution in [3.63, 3.8) is 0 Å². The molecule has 2 N–H and O–H groups in total. The standard InChI is InChI=1S/C19H12ClN3O2/c20-14-8-4-7-13(9-14)15-10-16(12-5-2-1-3-6-12)19(23(24)25)18(22)17(15)11-21/h1-10H,22H2. The maximum atomic E-state index is 11.6. The average Bonchev–Trinajstić information content (AvgIpc) is 2.61. The maximum Gasteiger partial charge on any atom is 0.301 e. The Balaban J connectivity index is 2.39. The topological polar surface area (TPSA) is 92.9 Å². The summed E-state index contributed by atoms with van der Waals surface area (Å²) in [7, 11) is 0. The van der Waals surface area contributed by atoms with Crippen LogP contribution in [0.25, 0.3) is 22.3 Å². The van der Waals surface area contributed by atoms with Crippen LogP contribution in [-0.2, 0) is 0 Å². The van der Waals surface area contributed by atoms with Gasteiger partial charge in [-0.1, -0.05) is 54.1 Å². The highest BCUT2D eigenvalue weighted by Crippen LogP contribution is 2.42. The molecule has 0 saturated carbocycles. The Kier molecular flexibility index (Phi) is 4.38. The van der Waals surface area contributed by atoms with E-state index in [1.165, 1.54) is 0 Å². The van der Waals surface area contributed by atoms with E-state index < -0.39 is 4.92 Å². The minimum Gasteiger partial charge on any atom is -0.392 e. The second kappa shape index (κ2) is 6.63. The predicted molar refractivity (Wildman–Crippen MR) is 98.1 cm³/mol. The SMILES string of the molecule is N#Cc1c(-c2cccc(Cl)c2)cc(-c2ccccc2)c([N+](=O)[O-])c1N. The van der Waals surface area contributed by atoms with E-state index >= 15 is 0 Å². The summed E-state index contributed by atoms with van der Waals surface area (Å²) >= 11 is 6.05. The van der Waals surface area contributed by atoms with E-state index in [0.717, 1.165) is 0 Å². The molecule has 6 heteroatoms. The van der Waals surface area contributed by atoms with Crippen molar-refractivity contribution < 1.29 is 4.92 Å². The van der Waals surface area contributed by atoms with E-state index in [1.54, 1.807) is 54.6 Å². The fourth-order valence-corrected chi connectivity index (χ4v) is 2.92. The van der Waals surface area contributed by atoms with Gasteiger partial charge in [0.1, 0.15) is 11.8 Å². The molecule has 0 unspecified atom stereocenters. The van der Waals surface area contributed by atoms with Gasteiger partial charge in [0.2, 0.25) is 0 Å². The van der Waals surface area contributed by atoms with Crippen LogP contribution in [0.5, 0.6) is 0 Å². The molecule has 5 nitrogen and oxygen atoms in total. The number of nitrogens with two attached hydrogens (primary N) is 1. The highest BCUT2D eigenvalue weighted by molar-refractivity contribution is 6.30. The van der Waals surface area contributed by atoms with Crippen LogP contribution in [0.2, 0.25) is 5.02 Å². The highest BCUT2D eigenvalue weighted by Gasteiger charge is 2.26. The molecule has 0 fully saturated rings. The first-order valence-corrected chi connectivity index (χ1v) is 7.73. The zero-order chi connectivity index (χ0) is 18.0. The van der Waals surface area contributed by atoms with Crippen LogP contribution in [-0.4, -0.2) is 4.92 Å². The largest absolute Gasteiger partial charge is 0.392 e. The van der Waals surface area contributed by atoms with Crippen molar-refractivity contribution in [3.8, 4) is 28.3 Å². The molecule has 0 aliphatic carbocycles. The van der Waals surface area contributed by atoms with Gasteiger partial charge < -0.3 is 5.73 Å². The molecule has 0 heterocycles. The lowest BCUT2D eigenvalue weighted by Crippen LogP contribution is -2.03. The van der Waals surface area contributed by atoms with Gasteiger partial charge in [0, 0.05) is 10.6 Å². The number of nitro groups is 1. The lowest BCUT2D eigenvalue weighted by Gasteiger charge is -2.12. The van der Waals surface area contributed by atoms with Crippen molar-refractivity contribution in [3.05, 3.63) is 81.4 Å². The first-order chi connectivity index (χ1) is 12.0. The van der Waals surface area contributed by atoms with Gasteiger partial charge in [0.05, 0.1) is 16.1 Å². The molecule has 122 valence electrons. The zero-order valence-corrected chi connectivity index (χ0v) is 13.7. The van der Waals surface area contributed by atoms with Crippen molar-refractivity contribution in [1.82, 2.24) is 0 Å². The molecule has 0 aliphatic heterocycles. The van der Waals surface area contributed by atoms with E-state index in [4.69, 9.17) is 17.3 Å². The number of hydrogen-bond donors (Lipinski definition) is 1. The van der Waals surface area contributed by atoms with E-state index in [9.17, 15) is 15.4 Å². The van der Waals surface area contributed by atoms with Gasteiger partial charge in [-0.15, -0.1) is 0 Å². The summed E-state index contributed by atoms with van der Waals surface area (Å²) in [5.74, 6) is 0. The maximum absolute atomic E-state index is 11.6. The van der Waals surface area contributed by atoms with E-state index in [-0.39, 0.29) is 16.9 Å². The van der Waals surface area contributed by atoms with Crippen LogP contribution in [0.15, 0.2) is 60.7 Å². The third kappa shape index (κ3) is 3.03. The molecule has 0 saturated heterocycles. The molecule has 0 aliphatic rings. The fourth-order valence-electron chi connectivity index (χ4n) is 2.73. The van der Waals surface area contributed by atoms with Gasteiger partial charge in [0.25, 0.3) is 0 Å². The summed E-state index contributed by atoms with van der Waals surface area (Å²) in [5.41, 5.74) is 7.84. The summed E-state index contributed by atoms with van der Waals surface area (Å²) in [6.07, 6.45) is 0. The lowest BCUT2D eigenvalue weighted by molar-refractivity contribution is -0.383.